The first kappa shape index (κ1) is 21.7. The van der Waals surface area contributed by atoms with Crippen LogP contribution in [0.4, 0.5) is 13.2 Å². The van der Waals surface area contributed by atoms with Crippen LogP contribution in [-0.4, -0.2) is 22.4 Å². The zero-order valence-electron chi connectivity index (χ0n) is 17.8. The van der Waals surface area contributed by atoms with Gasteiger partial charge in [0, 0.05) is 11.8 Å². The van der Waals surface area contributed by atoms with Gasteiger partial charge in [-0.1, -0.05) is 24.3 Å². The van der Waals surface area contributed by atoms with Crippen molar-refractivity contribution >= 4 is 16.9 Å². The summed E-state index contributed by atoms with van der Waals surface area (Å²) < 4.78 is 51.8. The van der Waals surface area contributed by atoms with Gasteiger partial charge in [0.15, 0.2) is 0 Å². The molecule has 2 heterocycles. The van der Waals surface area contributed by atoms with E-state index in [2.05, 4.69) is 5.10 Å². The summed E-state index contributed by atoms with van der Waals surface area (Å²) in [7, 11) is 0. The molecule has 0 spiro atoms. The average molecular weight is 442 g/mol. The average Bonchev–Trinajstić information content (AvgIpc) is 3.27. The minimum absolute atomic E-state index is 0.212. The molecule has 5 nitrogen and oxygen atoms in total. The van der Waals surface area contributed by atoms with Crippen LogP contribution in [0.3, 0.4) is 0 Å². The molecule has 4 aromatic rings. The standard InChI is InChI=1S/C24H21F3N2O3/c1-4-31-23(30)22-14(2)28-29(15(22)3)20-9-6-10-21-19(20)13-18(32-21)12-16-7-5-8-17(11-16)24(25,26)27/h5-11,13H,4,12H2,1-3H3. The predicted molar refractivity (Wildman–Crippen MR) is 113 cm³/mol. The summed E-state index contributed by atoms with van der Waals surface area (Å²) >= 11 is 0. The minimum Gasteiger partial charge on any atom is -0.462 e. The van der Waals surface area contributed by atoms with Crippen molar-refractivity contribution in [3.8, 4) is 5.69 Å². The number of rotatable bonds is 5. The van der Waals surface area contributed by atoms with Gasteiger partial charge in [-0.25, -0.2) is 9.48 Å². The van der Waals surface area contributed by atoms with Crippen LogP contribution < -0.4 is 0 Å². The van der Waals surface area contributed by atoms with Crippen LogP contribution in [0.2, 0.25) is 0 Å². The van der Waals surface area contributed by atoms with Crippen LogP contribution in [0.15, 0.2) is 52.9 Å². The van der Waals surface area contributed by atoms with E-state index in [9.17, 15) is 18.0 Å². The summed E-state index contributed by atoms with van der Waals surface area (Å²) in [5.41, 5.74) is 2.68. The molecule has 4 rings (SSSR count). The summed E-state index contributed by atoms with van der Waals surface area (Å²) in [6.45, 7) is 5.53. The van der Waals surface area contributed by atoms with Crippen LogP contribution >= 0.6 is 0 Å². The first-order valence-corrected chi connectivity index (χ1v) is 10.1. The van der Waals surface area contributed by atoms with Crippen molar-refractivity contribution in [2.45, 2.75) is 33.4 Å². The van der Waals surface area contributed by atoms with Crippen molar-refractivity contribution in [2.75, 3.05) is 6.61 Å². The molecule has 0 N–H and O–H groups in total. The number of esters is 1. The molecular weight excluding hydrogens is 421 g/mol. The highest BCUT2D eigenvalue weighted by Crippen LogP contribution is 2.32. The second kappa shape index (κ2) is 8.18. The summed E-state index contributed by atoms with van der Waals surface area (Å²) in [5.74, 6) is 0.0947. The van der Waals surface area contributed by atoms with Gasteiger partial charge < -0.3 is 9.15 Å². The minimum atomic E-state index is -4.40. The topological polar surface area (TPSA) is 57.3 Å². The highest BCUT2D eigenvalue weighted by molar-refractivity contribution is 5.93. The molecule has 0 fully saturated rings. The molecule has 0 saturated heterocycles. The monoisotopic (exact) mass is 442 g/mol. The fourth-order valence-electron chi connectivity index (χ4n) is 3.80. The van der Waals surface area contributed by atoms with Crippen LogP contribution in [0.1, 0.15) is 45.6 Å². The van der Waals surface area contributed by atoms with Gasteiger partial charge in [0.25, 0.3) is 0 Å². The van der Waals surface area contributed by atoms with Gasteiger partial charge in [0.05, 0.1) is 29.2 Å². The molecule has 0 aliphatic heterocycles. The van der Waals surface area contributed by atoms with Crippen molar-refractivity contribution in [3.05, 3.63) is 82.4 Å². The number of carbonyl (C=O) groups excluding carboxylic acids is 1. The number of hydrogen-bond donors (Lipinski definition) is 0. The number of fused-ring (bicyclic) bond motifs is 1. The summed E-state index contributed by atoms with van der Waals surface area (Å²) in [6.07, 6.45) is -4.19. The van der Waals surface area contributed by atoms with E-state index < -0.39 is 17.7 Å². The highest BCUT2D eigenvalue weighted by Gasteiger charge is 2.30. The second-order valence-corrected chi connectivity index (χ2v) is 7.45. The van der Waals surface area contributed by atoms with E-state index in [1.165, 1.54) is 6.07 Å². The van der Waals surface area contributed by atoms with Gasteiger partial charge in [0.1, 0.15) is 16.9 Å². The quantitative estimate of drug-likeness (QED) is 0.355. The molecule has 0 atom stereocenters. The molecule has 0 radical (unpaired) electrons. The molecule has 0 unspecified atom stereocenters. The van der Waals surface area contributed by atoms with Gasteiger partial charge in [-0.3, -0.25) is 0 Å². The molecular formula is C24H21F3N2O3. The summed E-state index contributed by atoms with van der Waals surface area (Å²) in [5, 5.41) is 5.26. The van der Waals surface area contributed by atoms with E-state index in [0.717, 1.165) is 17.5 Å². The molecule has 0 saturated carbocycles. The predicted octanol–water partition coefficient (Wildman–Crippen LogP) is 6.02. The Balaban J connectivity index is 1.73. The SMILES string of the molecule is CCOC(=O)c1c(C)nn(-c2cccc3oc(Cc4cccc(C(F)(F)F)c4)cc23)c1C. The van der Waals surface area contributed by atoms with Crippen molar-refractivity contribution in [1.82, 2.24) is 9.78 Å². The Hall–Kier alpha value is -3.55. The molecule has 8 heteroatoms. The maximum absolute atomic E-state index is 13.0. The number of halogens is 3. The number of hydrogen-bond acceptors (Lipinski definition) is 4. The maximum atomic E-state index is 13.0. The number of aryl methyl sites for hydroxylation is 1. The number of benzene rings is 2. The number of carbonyl (C=O) groups is 1. The van der Waals surface area contributed by atoms with Crippen molar-refractivity contribution in [2.24, 2.45) is 0 Å². The zero-order valence-corrected chi connectivity index (χ0v) is 17.8. The Morgan fingerprint density at radius 2 is 1.88 bits per heavy atom. The van der Waals surface area contributed by atoms with Crippen molar-refractivity contribution in [3.63, 3.8) is 0 Å². The van der Waals surface area contributed by atoms with Crippen LogP contribution in [0.25, 0.3) is 16.7 Å². The van der Waals surface area contributed by atoms with Crippen LogP contribution in [-0.2, 0) is 17.3 Å². The first-order valence-electron chi connectivity index (χ1n) is 10.1. The Labute approximate surface area is 182 Å². The van der Waals surface area contributed by atoms with Crippen LogP contribution in [0.5, 0.6) is 0 Å². The lowest BCUT2D eigenvalue weighted by Gasteiger charge is -2.07. The summed E-state index contributed by atoms with van der Waals surface area (Å²) in [4.78, 5) is 12.3. The number of furan rings is 1. The zero-order chi connectivity index (χ0) is 23.0. The molecule has 0 bridgehead atoms. The van der Waals surface area contributed by atoms with Crippen molar-refractivity contribution < 1.29 is 27.1 Å². The Morgan fingerprint density at radius 3 is 2.59 bits per heavy atom. The van der Waals surface area contributed by atoms with Crippen LogP contribution in [0, 0.1) is 13.8 Å². The third-order valence-corrected chi connectivity index (χ3v) is 5.22. The molecule has 32 heavy (non-hydrogen) atoms. The molecule has 0 aliphatic rings. The van der Waals surface area contributed by atoms with Gasteiger partial charge in [-0.05, 0) is 50.6 Å². The van der Waals surface area contributed by atoms with E-state index in [4.69, 9.17) is 9.15 Å². The van der Waals surface area contributed by atoms with E-state index in [0.29, 0.717) is 39.5 Å². The molecule has 0 aliphatic carbocycles. The van der Waals surface area contributed by atoms with Gasteiger partial charge >= 0.3 is 12.1 Å². The van der Waals surface area contributed by atoms with E-state index in [1.807, 2.05) is 6.07 Å². The van der Waals surface area contributed by atoms with Gasteiger partial charge in [-0.15, -0.1) is 0 Å². The molecule has 0 amide bonds. The molecule has 2 aromatic carbocycles. The lowest BCUT2D eigenvalue weighted by Crippen LogP contribution is -2.07. The maximum Gasteiger partial charge on any atom is 0.416 e. The Morgan fingerprint density at radius 1 is 1.12 bits per heavy atom. The fourth-order valence-corrected chi connectivity index (χ4v) is 3.80. The number of alkyl halides is 3. The molecule has 166 valence electrons. The summed E-state index contributed by atoms with van der Waals surface area (Å²) in [6, 6.07) is 12.4. The number of ether oxygens (including phenoxy) is 1. The van der Waals surface area contributed by atoms with E-state index in [1.54, 1.807) is 49.7 Å². The van der Waals surface area contributed by atoms with Gasteiger partial charge in [0.2, 0.25) is 0 Å². The van der Waals surface area contributed by atoms with Crippen molar-refractivity contribution in [1.29, 1.82) is 0 Å². The normalized spacial score (nSPS) is 11.8. The smallest absolute Gasteiger partial charge is 0.416 e. The third kappa shape index (κ3) is 4.00. The van der Waals surface area contributed by atoms with E-state index >= 15 is 0 Å². The highest BCUT2D eigenvalue weighted by atomic mass is 19.4. The lowest BCUT2D eigenvalue weighted by atomic mass is 10.1. The fraction of sp³-hybridized carbons (Fsp3) is 0.250. The second-order valence-electron chi connectivity index (χ2n) is 7.45. The lowest BCUT2D eigenvalue weighted by molar-refractivity contribution is -0.137. The third-order valence-electron chi connectivity index (χ3n) is 5.22. The largest absolute Gasteiger partial charge is 0.462 e. The first-order chi connectivity index (χ1) is 15.2. The Bertz CT molecular complexity index is 1300. The van der Waals surface area contributed by atoms with Gasteiger partial charge in [-0.2, -0.15) is 18.3 Å². The number of aromatic nitrogens is 2. The molecule has 2 aromatic heterocycles. The number of nitrogens with zero attached hydrogens (tertiary/aromatic N) is 2. The Kier molecular flexibility index (Phi) is 5.54. The van der Waals surface area contributed by atoms with E-state index in [-0.39, 0.29) is 13.0 Å².